The predicted molar refractivity (Wildman–Crippen MR) is 72.0 cm³/mol. The second-order valence-electron chi connectivity index (χ2n) is 4.66. The van der Waals surface area contributed by atoms with E-state index >= 15 is 0 Å². The van der Waals surface area contributed by atoms with Gasteiger partial charge in [0.25, 0.3) is 0 Å². The van der Waals surface area contributed by atoms with Gasteiger partial charge in [-0.1, -0.05) is 19.9 Å². The van der Waals surface area contributed by atoms with Gasteiger partial charge in [0, 0.05) is 30.9 Å². The topological polar surface area (TPSA) is 44.3 Å². The van der Waals surface area contributed by atoms with Gasteiger partial charge in [0.15, 0.2) is 0 Å². The van der Waals surface area contributed by atoms with Crippen LogP contribution in [0.4, 0.5) is 0 Å². The van der Waals surface area contributed by atoms with Gasteiger partial charge in [-0.15, -0.1) is 0 Å². The first-order valence-electron chi connectivity index (χ1n) is 5.94. The molecule has 0 radical (unpaired) electrons. The Bertz CT molecular complexity index is 363. The molecule has 0 amide bonds. The number of H-pyrrole nitrogens is 1. The second-order valence-corrected chi connectivity index (χ2v) is 4.66. The van der Waals surface area contributed by atoms with E-state index in [-0.39, 0.29) is 0 Å². The summed E-state index contributed by atoms with van der Waals surface area (Å²) in [4.78, 5) is 13.9. The van der Waals surface area contributed by atoms with Crippen LogP contribution >= 0.6 is 0 Å². The van der Waals surface area contributed by atoms with Crippen LogP contribution in [0, 0.1) is 5.92 Å². The quantitative estimate of drug-likeness (QED) is 0.768. The van der Waals surface area contributed by atoms with Crippen molar-refractivity contribution in [2.45, 2.75) is 27.3 Å². The fourth-order valence-corrected chi connectivity index (χ4v) is 1.47. The third-order valence-corrected chi connectivity index (χ3v) is 2.24. The van der Waals surface area contributed by atoms with Crippen LogP contribution in [-0.2, 0) is 6.54 Å². The van der Waals surface area contributed by atoms with Gasteiger partial charge in [-0.05, 0) is 19.9 Å². The van der Waals surface area contributed by atoms with Crippen molar-refractivity contribution in [1.82, 2.24) is 14.9 Å². The van der Waals surface area contributed by atoms with Crippen LogP contribution in [-0.4, -0.2) is 34.2 Å². The fourth-order valence-electron chi connectivity index (χ4n) is 1.47. The van der Waals surface area contributed by atoms with Crippen molar-refractivity contribution in [1.29, 1.82) is 0 Å². The Morgan fingerprint density at radius 1 is 1.59 bits per heavy atom. The van der Waals surface area contributed by atoms with E-state index in [0.717, 1.165) is 24.6 Å². The molecule has 1 aromatic heterocycles. The van der Waals surface area contributed by atoms with Gasteiger partial charge < -0.3 is 4.98 Å². The van der Waals surface area contributed by atoms with Crippen molar-refractivity contribution in [2.75, 3.05) is 13.6 Å². The van der Waals surface area contributed by atoms with E-state index in [9.17, 15) is 0 Å². The number of rotatable bonds is 6. The minimum atomic E-state index is 0.549. The molecule has 0 unspecified atom stereocenters. The van der Waals surface area contributed by atoms with Crippen LogP contribution in [0.1, 0.15) is 26.6 Å². The molecule has 1 heterocycles. The Kier molecular flexibility index (Phi) is 5.63. The highest BCUT2D eigenvalue weighted by Gasteiger charge is 2.02. The highest BCUT2D eigenvalue weighted by atomic mass is 15.1. The lowest BCUT2D eigenvalue weighted by molar-refractivity contribution is 0.364. The Labute approximate surface area is 103 Å². The van der Waals surface area contributed by atoms with Gasteiger partial charge in [-0.25, -0.2) is 4.98 Å². The molecule has 0 aliphatic rings. The minimum absolute atomic E-state index is 0.549. The van der Waals surface area contributed by atoms with Gasteiger partial charge in [0.05, 0.1) is 6.54 Å². The molecule has 0 spiro atoms. The predicted octanol–water partition coefficient (Wildman–Crippen LogP) is 2.47. The third kappa shape index (κ3) is 6.02. The zero-order chi connectivity index (χ0) is 12.7. The molecule has 4 heteroatoms. The number of aromatic amines is 1. The largest absolute Gasteiger partial charge is 0.348 e. The molecule has 1 rings (SSSR count). The molecule has 0 atom stereocenters. The van der Waals surface area contributed by atoms with Crippen LogP contribution in [0.5, 0.6) is 0 Å². The second kappa shape index (κ2) is 7.01. The summed E-state index contributed by atoms with van der Waals surface area (Å²) >= 11 is 0. The summed E-state index contributed by atoms with van der Waals surface area (Å²) in [6.07, 6.45) is 7.60. The molecule has 0 aliphatic heterocycles. The van der Waals surface area contributed by atoms with Crippen LogP contribution < -0.4 is 0 Å². The molecule has 0 aliphatic carbocycles. The number of hydrogen-bond donors (Lipinski definition) is 1. The highest BCUT2D eigenvalue weighted by Crippen LogP contribution is 1.97. The molecule has 1 N–H and O–H groups in total. The van der Waals surface area contributed by atoms with Crippen LogP contribution in [0.15, 0.2) is 29.7 Å². The van der Waals surface area contributed by atoms with Crippen LogP contribution in [0.2, 0.25) is 0 Å². The van der Waals surface area contributed by atoms with E-state index in [0.29, 0.717) is 5.92 Å². The molecule has 94 valence electrons. The number of nitrogens with one attached hydrogen (secondary N) is 1. The Hall–Kier alpha value is -1.42. The Morgan fingerprint density at radius 2 is 2.35 bits per heavy atom. The monoisotopic (exact) mass is 234 g/mol. The Morgan fingerprint density at radius 3 is 2.94 bits per heavy atom. The first kappa shape index (κ1) is 13.6. The lowest BCUT2D eigenvalue weighted by atomic mass is 10.2. The van der Waals surface area contributed by atoms with Crippen molar-refractivity contribution in [3.05, 3.63) is 30.5 Å². The summed E-state index contributed by atoms with van der Waals surface area (Å²) in [5, 5.41) is 0. The van der Waals surface area contributed by atoms with E-state index in [1.807, 2.05) is 19.3 Å². The van der Waals surface area contributed by atoms with Crippen molar-refractivity contribution >= 4 is 5.71 Å². The zero-order valence-corrected chi connectivity index (χ0v) is 11.1. The molecule has 4 nitrogen and oxygen atoms in total. The Balaban J connectivity index is 2.37. The third-order valence-electron chi connectivity index (χ3n) is 2.24. The first-order valence-corrected chi connectivity index (χ1v) is 5.94. The number of aromatic nitrogens is 2. The highest BCUT2D eigenvalue weighted by molar-refractivity contribution is 5.84. The van der Waals surface area contributed by atoms with Gasteiger partial charge in [-0.3, -0.25) is 9.89 Å². The summed E-state index contributed by atoms with van der Waals surface area (Å²) in [6, 6.07) is 0. The summed E-state index contributed by atoms with van der Waals surface area (Å²) in [7, 11) is 2.06. The van der Waals surface area contributed by atoms with Crippen LogP contribution in [0.25, 0.3) is 0 Å². The smallest absolute Gasteiger partial charge is 0.120 e. The SMILES string of the molecule is CC(CN(C)Cc1ncc[nH]1)=N/C=C\C(C)C. The van der Waals surface area contributed by atoms with Gasteiger partial charge >= 0.3 is 0 Å². The molecule has 0 aromatic carbocycles. The molecule has 0 bridgehead atoms. The van der Waals surface area contributed by atoms with Crippen molar-refractivity contribution in [2.24, 2.45) is 10.9 Å². The normalized spacial score (nSPS) is 13.2. The number of imidazole rings is 1. The maximum atomic E-state index is 4.40. The van der Waals surface area contributed by atoms with E-state index < -0.39 is 0 Å². The van der Waals surface area contributed by atoms with Gasteiger partial charge in [0.2, 0.25) is 0 Å². The number of allylic oxidation sites excluding steroid dienone is 1. The minimum Gasteiger partial charge on any atom is -0.348 e. The standard InChI is InChI=1S/C13H22N4/c1-11(2)5-6-14-12(3)9-17(4)10-13-15-7-8-16-13/h5-8,11H,9-10H2,1-4H3,(H,15,16)/b6-5-,14-12?. The molecule has 1 aromatic rings. The van der Waals surface area contributed by atoms with Crippen molar-refractivity contribution < 1.29 is 0 Å². The maximum Gasteiger partial charge on any atom is 0.120 e. The number of hydrogen-bond acceptors (Lipinski definition) is 3. The lowest BCUT2D eigenvalue weighted by Crippen LogP contribution is -2.24. The van der Waals surface area contributed by atoms with Gasteiger partial charge in [0.1, 0.15) is 5.82 Å². The summed E-state index contributed by atoms with van der Waals surface area (Å²) in [5.74, 6) is 1.53. The first-order chi connectivity index (χ1) is 8.08. The summed E-state index contributed by atoms with van der Waals surface area (Å²) in [6.45, 7) is 8.00. The summed E-state index contributed by atoms with van der Waals surface area (Å²) < 4.78 is 0. The molecule has 0 saturated heterocycles. The lowest BCUT2D eigenvalue weighted by Gasteiger charge is -2.14. The van der Waals surface area contributed by atoms with Crippen LogP contribution in [0.3, 0.4) is 0 Å². The van der Waals surface area contributed by atoms with E-state index in [1.54, 1.807) is 6.20 Å². The maximum absolute atomic E-state index is 4.40. The molecule has 0 fully saturated rings. The number of nitrogens with zero attached hydrogens (tertiary/aromatic N) is 3. The zero-order valence-electron chi connectivity index (χ0n) is 11.1. The average Bonchev–Trinajstić information content (AvgIpc) is 2.69. The van der Waals surface area contributed by atoms with Crippen molar-refractivity contribution in [3.8, 4) is 0 Å². The van der Waals surface area contributed by atoms with Crippen molar-refractivity contribution in [3.63, 3.8) is 0 Å². The molecule has 0 saturated carbocycles. The molecular formula is C13H22N4. The number of aliphatic imine (C=N–C) groups is 1. The average molecular weight is 234 g/mol. The van der Waals surface area contributed by atoms with E-state index in [4.69, 9.17) is 0 Å². The molecular weight excluding hydrogens is 212 g/mol. The van der Waals surface area contributed by atoms with Gasteiger partial charge in [-0.2, -0.15) is 0 Å². The molecule has 17 heavy (non-hydrogen) atoms. The van der Waals surface area contributed by atoms with E-state index in [2.05, 4.69) is 46.8 Å². The summed E-state index contributed by atoms with van der Waals surface area (Å²) in [5.41, 5.74) is 1.11. The van der Waals surface area contributed by atoms with E-state index in [1.165, 1.54) is 0 Å². The fraction of sp³-hybridized carbons (Fsp3) is 0.538.